The van der Waals surface area contributed by atoms with Crippen molar-refractivity contribution >= 4 is 6.16 Å². The lowest BCUT2D eigenvalue weighted by molar-refractivity contribution is -0.0909. The Bertz CT molecular complexity index is 353. The van der Waals surface area contributed by atoms with E-state index in [0.717, 1.165) is 12.8 Å². The number of hydrogen-bond donors (Lipinski definition) is 0. The molecule has 0 unspecified atom stereocenters. The molecule has 4 heterocycles. The summed E-state index contributed by atoms with van der Waals surface area (Å²) in [6, 6.07) is 0. The first kappa shape index (κ1) is 12.8. The minimum atomic E-state index is -0.646. The summed E-state index contributed by atoms with van der Waals surface area (Å²) in [5.41, 5.74) is 0. The minimum Gasteiger partial charge on any atom is -0.428 e. The molecule has 4 aliphatic heterocycles. The summed E-state index contributed by atoms with van der Waals surface area (Å²) in [6.07, 6.45) is 0.0696. The van der Waals surface area contributed by atoms with Gasteiger partial charge in [0.05, 0.1) is 38.3 Å². The van der Waals surface area contributed by atoms with E-state index >= 15 is 0 Å². The molecule has 0 radical (unpaired) electrons. The van der Waals surface area contributed by atoms with E-state index in [1.165, 1.54) is 0 Å². The maximum atomic E-state index is 11.9. The maximum Gasteiger partial charge on any atom is 0.509 e. The highest BCUT2D eigenvalue weighted by atomic mass is 16.8. The predicted molar refractivity (Wildman–Crippen MR) is 62.7 cm³/mol. The van der Waals surface area contributed by atoms with Crippen LogP contribution in [-0.4, -0.2) is 57.4 Å². The van der Waals surface area contributed by atoms with E-state index in [4.69, 9.17) is 28.4 Å². The van der Waals surface area contributed by atoms with Gasteiger partial charge in [-0.05, 0) is 12.8 Å². The number of ether oxygens (including phenoxy) is 6. The van der Waals surface area contributed by atoms with E-state index in [1.807, 2.05) is 0 Å². The molecule has 0 spiro atoms. The van der Waals surface area contributed by atoms with Gasteiger partial charge in [0.25, 0.3) is 0 Å². The third-order valence-corrected chi connectivity index (χ3v) is 4.47. The van der Waals surface area contributed by atoms with Crippen LogP contribution < -0.4 is 0 Å². The zero-order valence-electron chi connectivity index (χ0n) is 11.1. The van der Waals surface area contributed by atoms with Crippen molar-refractivity contribution in [2.45, 2.75) is 37.6 Å². The molecule has 0 amide bonds. The predicted octanol–water partition coefficient (Wildman–Crippen LogP) is 0.662. The lowest BCUT2D eigenvalue weighted by Gasteiger charge is -2.19. The highest BCUT2D eigenvalue weighted by Crippen LogP contribution is 2.35. The molecule has 6 atom stereocenters. The van der Waals surface area contributed by atoms with Gasteiger partial charge in [-0.15, -0.1) is 0 Å². The molecular weight excluding hydrogens is 268 g/mol. The minimum absolute atomic E-state index is 0.130. The molecule has 7 heteroatoms. The first-order chi connectivity index (χ1) is 9.81. The normalized spacial score (nSPS) is 46.2. The Hall–Kier alpha value is -0.890. The van der Waals surface area contributed by atoms with Crippen molar-refractivity contribution in [2.75, 3.05) is 26.4 Å². The molecule has 0 N–H and O–H groups in total. The van der Waals surface area contributed by atoms with Crippen molar-refractivity contribution < 1.29 is 33.2 Å². The van der Waals surface area contributed by atoms with Crippen LogP contribution in [0.2, 0.25) is 0 Å². The molecule has 0 aromatic heterocycles. The summed E-state index contributed by atoms with van der Waals surface area (Å²) in [5.74, 6) is 0.259. The van der Waals surface area contributed by atoms with Crippen LogP contribution in [0.4, 0.5) is 4.79 Å². The highest BCUT2D eigenvalue weighted by molar-refractivity contribution is 5.60. The van der Waals surface area contributed by atoms with Crippen LogP contribution in [-0.2, 0) is 28.4 Å². The van der Waals surface area contributed by atoms with Crippen molar-refractivity contribution in [2.24, 2.45) is 11.8 Å². The van der Waals surface area contributed by atoms with Gasteiger partial charge in [-0.1, -0.05) is 0 Å². The van der Waals surface area contributed by atoms with Crippen LogP contribution in [0.15, 0.2) is 0 Å². The zero-order chi connectivity index (χ0) is 13.5. The Kier molecular flexibility index (Phi) is 3.30. The van der Waals surface area contributed by atoms with E-state index in [1.54, 1.807) is 0 Å². The summed E-state index contributed by atoms with van der Waals surface area (Å²) in [5, 5.41) is 0. The van der Waals surface area contributed by atoms with Crippen molar-refractivity contribution in [3.05, 3.63) is 0 Å². The Labute approximate surface area is 116 Å². The topological polar surface area (TPSA) is 72.5 Å². The third-order valence-electron chi connectivity index (χ3n) is 4.47. The fourth-order valence-corrected chi connectivity index (χ4v) is 3.37. The van der Waals surface area contributed by atoms with Gasteiger partial charge in [-0.3, -0.25) is 0 Å². The molecular formula is C13H18O7. The fourth-order valence-electron chi connectivity index (χ4n) is 3.37. The van der Waals surface area contributed by atoms with Crippen LogP contribution in [0.1, 0.15) is 12.8 Å². The molecule has 7 nitrogen and oxygen atoms in total. The monoisotopic (exact) mass is 286 g/mol. The highest BCUT2D eigenvalue weighted by Gasteiger charge is 2.46. The van der Waals surface area contributed by atoms with Gasteiger partial charge in [-0.25, -0.2) is 4.79 Å². The standard InChI is InChI=1S/C13H18O7/c14-13(19-9-5-17-11-7(9)1-3-15-11)20-10-6-18-12-8(10)2-4-16-12/h7-12H,1-6H2/t7-,8-,9-,10-,11+,12+/m0/s1. The van der Waals surface area contributed by atoms with E-state index in [9.17, 15) is 4.79 Å². The molecule has 0 saturated carbocycles. The number of hydrogen-bond acceptors (Lipinski definition) is 7. The number of carbonyl (C=O) groups excluding carboxylic acids is 1. The van der Waals surface area contributed by atoms with Crippen LogP contribution in [0.3, 0.4) is 0 Å². The molecule has 0 aliphatic carbocycles. The van der Waals surface area contributed by atoms with Crippen LogP contribution in [0.5, 0.6) is 0 Å². The summed E-state index contributed by atoms with van der Waals surface area (Å²) in [4.78, 5) is 11.9. The average molecular weight is 286 g/mol. The van der Waals surface area contributed by atoms with Gasteiger partial charge in [0.15, 0.2) is 12.6 Å². The maximum absolute atomic E-state index is 11.9. The molecule has 0 bridgehead atoms. The average Bonchev–Trinajstić information content (AvgIpc) is 3.14. The van der Waals surface area contributed by atoms with Crippen molar-refractivity contribution in [3.63, 3.8) is 0 Å². The Morgan fingerprint density at radius 2 is 1.30 bits per heavy atom. The van der Waals surface area contributed by atoms with Gasteiger partial charge >= 0.3 is 6.16 Å². The largest absolute Gasteiger partial charge is 0.509 e. The SMILES string of the molecule is O=C(O[C@H]1CO[C@H]2OCC[C@H]21)O[C@H]1CO[C@H]2OCC[C@H]21. The first-order valence-corrected chi connectivity index (χ1v) is 7.15. The lowest BCUT2D eigenvalue weighted by Crippen LogP contribution is -2.31. The van der Waals surface area contributed by atoms with Crippen molar-refractivity contribution in [3.8, 4) is 0 Å². The molecule has 20 heavy (non-hydrogen) atoms. The molecule has 4 rings (SSSR count). The van der Waals surface area contributed by atoms with Crippen molar-refractivity contribution in [1.82, 2.24) is 0 Å². The summed E-state index contributed by atoms with van der Waals surface area (Å²) >= 11 is 0. The number of rotatable bonds is 2. The van der Waals surface area contributed by atoms with E-state index in [2.05, 4.69) is 0 Å². The van der Waals surface area contributed by atoms with Crippen LogP contribution in [0.25, 0.3) is 0 Å². The summed E-state index contributed by atoms with van der Waals surface area (Å²) in [6.45, 7) is 2.06. The second-order valence-corrected chi connectivity index (χ2v) is 5.61. The second kappa shape index (κ2) is 5.14. The molecule has 4 saturated heterocycles. The summed E-state index contributed by atoms with van der Waals surface area (Å²) in [7, 11) is 0. The smallest absolute Gasteiger partial charge is 0.428 e. The molecule has 4 fully saturated rings. The molecule has 0 aromatic rings. The Morgan fingerprint density at radius 1 is 0.800 bits per heavy atom. The zero-order valence-corrected chi connectivity index (χ0v) is 11.1. The van der Waals surface area contributed by atoms with E-state index in [0.29, 0.717) is 26.4 Å². The number of carbonyl (C=O) groups is 1. The molecule has 112 valence electrons. The molecule has 4 aliphatic rings. The van der Waals surface area contributed by atoms with Gasteiger partial charge in [0.2, 0.25) is 0 Å². The lowest BCUT2D eigenvalue weighted by atomic mass is 10.0. The molecule has 0 aromatic carbocycles. The van der Waals surface area contributed by atoms with E-state index in [-0.39, 0.29) is 36.6 Å². The summed E-state index contributed by atoms with van der Waals surface area (Å²) < 4.78 is 32.4. The van der Waals surface area contributed by atoms with Gasteiger partial charge in [0, 0.05) is 0 Å². The fraction of sp³-hybridized carbons (Fsp3) is 0.923. The van der Waals surface area contributed by atoms with Crippen LogP contribution in [0, 0.1) is 11.8 Å². The van der Waals surface area contributed by atoms with Gasteiger partial charge in [-0.2, -0.15) is 0 Å². The van der Waals surface area contributed by atoms with E-state index < -0.39 is 6.16 Å². The van der Waals surface area contributed by atoms with Gasteiger partial charge in [0.1, 0.15) is 12.2 Å². The third kappa shape index (κ3) is 2.18. The Morgan fingerprint density at radius 3 is 1.80 bits per heavy atom. The van der Waals surface area contributed by atoms with Crippen molar-refractivity contribution in [1.29, 1.82) is 0 Å². The van der Waals surface area contributed by atoms with Gasteiger partial charge < -0.3 is 28.4 Å². The van der Waals surface area contributed by atoms with Crippen LogP contribution >= 0.6 is 0 Å². The quantitative estimate of drug-likeness (QED) is 0.690. The Balaban J connectivity index is 1.30. The first-order valence-electron chi connectivity index (χ1n) is 7.15. The number of fused-ring (bicyclic) bond motifs is 2. The second-order valence-electron chi connectivity index (χ2n) is 5.61.